The van der Waals surface area contributed by atoms with Gasteiger partial charge in [0.15, 0.2) is 6.10 Å². The van der Waals surface area contributed by atoms with Crippen molar-refractivity contribution in [3.8, 4) is 0 Å². The van der Waals surface area contributed by atoms with Crippen LogP contribution in [-0.2, 0) is 20.9 Å². The molecule has 0 aliphatic rings. The molecule has 1 aromatic carbocycles. The van der Waals surface area contributed by atoms with Crippen molar-refractivity contribution in [1.29, 1.82) is 0 Å². The highest BCUT2D eigenvalue weighted by Gasteiger charge is 2.29. The third-order valence-electron chi connectivity index (χ3n) is 2.09. The maximum atomic E-state index is 11.2. The molecule has 0 radical (unpaired) electrons. The van der Waals surface area contributed by atoms with Crippen LogP contribution in [0.4, 0.5) is 0 Å². The minimum Gasteiger partial charge on any atom is -0.480 e. The number of hydrogen-bond donors (Lipinski definition) is 3. The van der Waals surface area contributed by atoms with Crippen molar-refractivity contribution in [1.82, 2.24) is 0 Å². The van der Waals surface area contributed by atoms with Gasteiger partial charge in [0.25, 0.3) is 0 Å². The lowest BCUT2D eigenvalue weighted by Crippen LogP contribution is -2.46. The molecule has 0 spiro atoms. The van der Waals surface area contributed by atoms with Crippen molar-refractivity contribution in [2.75, 3.05) is 0 Å². The van der Waals surface area contributed by atoms with Gasteiger partial charge in [0.1, 0.15) is 12.6 Å². The summed E-state index contributed by atoms with van der Waals surface area (Å²) in [5.74, 6) is -2.52. The molecule has 0 amide bonds. The molecule has 6 nitrogen and oxygen atoms in total. The predicted octanol–water partition coefficient (Wildman–Crippen LogP) is -0.497. The Morgan fingerprint density at radius 1 is 1.29 bits per heavy atom. The Morgan fingerprint density at radius 2 is 1.88 bits per heavy atom. The van der Waals surface area contributed by atoms with Gasteiger partial charge in [-0.3, -0.25) is 4.79 Å². The number of benzene rings is 1. The standard InChI is InChI=1S/C11H13NO5/c12-8(10(14)15)9(13)11(16)17-6-7-4-2-1-3-5-7/h1-5,8-9,13H,6,12H2,(H,14,15)/t8-,9-/m0/s1. The van der Waals surface area contributed by atoms with Crippen molar-refractivity contribution >= 4 is 11.9 Å². The van der Waals surface area contributed by atoms with Gasteiger partial charge in [-0.1, -0.05) is 30.3 Å². The van der Waals surface area contributed by atoms with Crippen molar-refractivity contribution in [3.05, 3.63) is 35.9 Å². The van der Waals surface area contributed by atoms with E-state index in [1.54, 1.807) is 30.3 Å². The highest BCUT2D eigenvalue weighted by molar-refractivity contribution is 5.84. The SMILES string of the molecule is N[C@H](C(=O)O)[C@H](O)C(=O)OCc1ccccc1. The van der Waals surface area contributed by atoms with Crippen LogP contribution in [0.3, 0.4) is 0 Å². The first-order chi connectivity index (χ1) is 8.02. The maximum Gasteiger partial charge on any atom is 0.337 e. The number of aliphatic hydroxyl groups excluding tert-OH is 1. The number of esters is 1. The van der Waals surface area contributed by atoms with Gasteiger partial charge < -0.3 is 20.7 Å². The first-order valence-electron chi connectivity index (χ1n) is 4.89. The van der Waals surface area contributed by atoms with E-state index in [9.17, 15) is 14.7 Å². The topological polar surface area (TPSA) is 110 Å². The first-order valence-corrected chi connectivity index (χ1v) is 4.89. The number of carboxylic acid groups (broad SMARTS) is 1. The van der Waals surface area contributed by atoms with Gasteiger partial charge in [-0.15, -0.1) is 0 Å². The molecule has 4 N–H and O–H groups in total. The Morgan fingerprint density at radius 3 is 2.41 bits per heavy atom. The number of nitrogens with two attached hydrogens (primary N) is 1. The van der Waals surface area contributed by atoms with Crippen molar-refractivity contribution < 1.29 is 24.5 Å². The van der Waals surface area contributed by atoms with Crippen LogP contribution in [0.15, 0.2) is 30.3 Å². The zero-order chi connectivity index (χ0) is 12.8. The Balaban J connectivity index is 2.47. The molecule has 0 unspecified atom stereocenters. The molecule has 1 rings (SSSR count). The monoisotopic (exact) mass is 239 g/mol. The lowest BCUT2D eigenvalue weighted by molar-refractivity contribution is -0.160. The van der Waals surface area contributed by atoms with Crippen LogP contribution in [0.2, 0.25) is 0 Å². The third kappa shape index (κ3) is 3.86. The minimum atomic E-state index is -1.86. The predicted molar refractivity (Wildman–Crippen MR) is 57.9 cm³/mol. The van der Waals surface area contributed by atoms with Crippen LogP contribution < -0.4 is 5.73 Å². The Hall–Kier alpha value is -1.92. The van der Waals surface area contributed by atoms with E-state index in [0.717, 1.165) is 5.56 Å². The number of hydrogen-bond acceptors (Lipinski definition) is 5. The molecule has 0 aromatic heterocycles. The molecule has 0 aliphatic heterocycles. The summed E-state index contributed by atoms with van der Waals surface area (Å²) in [6, 6.07) is 7.12. The minimum absolute atomic E-state index is 0.0386. The molecule has 6 heteroatoms. The number of carbonyl (C=O) groups excluding carboxylic acids is 1. The van der Waals surface area contributed by atoms with Crippen LogP contribution in [0.1, 0.15) is 5.56 Å². The second kappa shape index (κ2) is 5.97. The largest absolute Gasteiger partial charge is 0.480 e. The number of ether oxygens (including phenoxy) is 1. The van der Waals surface area contributed by atoms with E-state index < -0.39 is 24.1 Å². The lowest BCUT2D eigenvalue weighted by atomic mass is 10.2. The van der Waals surface area contributed by atoms with E-state index in [1.165, 1.54) is 0 Å². The quantitative estimate of drug-likeness (QED) is 0.598. The van der Waals surface area contributed by atoms with Crippen molar-refractivity contribution in [3.63, 3.8) is 0 Å². The van der Waals surface area contributed by atoms with E-state index in [4.69, 9.17) is 15.6 Å². The normalized spacial score (nSPS) is 13.8. The van der Waals surface area contributed by atoms with Crippen LogP contribution in [0, 0.1) is 0 Å². The highest BCUT2D eigenvalue weighted by Crippen LogP contribution is 2.03. The van der Waals surface area contributed by atoms with E-state index in [2.05, 4.69) is 0 Å². The van der Waals surface area contributed by atoms with Crippen LogP contribution in [0.5, 0.6) is 0 Å². The fourth-order valence-corrected chi connectivity index (χ4v) is 1.10. The third-order valence-corrected chi connectivity index (χ3v) is 2.09. The number of carboxylic acids is 1. The number of aliphatic hydroxyl groups is 1. The molecule has 0 saturated heterocycles. The average Bonchev–Trinajstić information content (AvgIpc) is 2.35. The van der Waals surface area contributed by atoms with E-state index in [1.807, 2.05) is 0 Å². The Labute approximate surface area is 97.6 Å². The first kappa shape index (κ1) is 13.1. The van der Waals surface area contributed by atoms with Crippen molar-refractivity contribution in [2.45, 2.75) is 18.8 Å². The second-order valence-electron chi connectivity index (χ2n) is 3.40. The smallest absolute Gasteiger partial charge is 0.337 e. The summed E-state index contributed by atoms with van der Waals surface area (Å²) in [6.45, 7) is -0.0386. The molecule has 0 fully saturated rings. The lowest BCUT2D eigenvalue weighted by Gasteiger charge is -2.13. The van der Waals surface area contributed by atoms with Gasteiger partial charge in [-0.05, 0) is 5.56 Å². The van der Waals surface area contributed by atoms with Crippen molar-refractivity contribution in [2.24, 2.45) is 5.73 Å². The molecule has 2 atom stereocenters. The van der Waals surface area contributed by atoms with Gasteiger partial charge >= 0.3 is 11.9 Å². The van der Waals surface area contributed by atoms with Gasteiger partial charge in [-0.25, -0.2) is 4.79 Å². The molecule has 0 heterocycles. The summed E-state index contributed by atoms with van der Waals surface area (Å²) >= 11 is 0. The zero-order valence-electron chi connectivity index (χ0n) is 8.95. The molecule has 17 heavy (non-hydrogen) atoms. The molecular weight excluding hydrogens is 226 g/mol. The Kier molecular flexibility index (Phi) is 4.62. The molecular formula is C11H13NO5. The average molecular weight is 239 g/mol. The van der Waals surface area contributed by atoms with Gasteiger partial charge in [0.05, 0.1) is 0 Å². The summed E-state index contributed by atoms with van der Waals surface area (Å²) in [5.41, 5.74) is 5.81. The fraction of sp³-hybridized carbons (Fsp3) is 0.273. The summed E-state index contributed by atoms with van der Waals surface area (Å²) in [5, 5.41) is 17.7. The molecule has 0 aliphatic carbocycles. The van der Waals surface area contributed by atoms with E-state index in [0.29, 0.717) is 0 Å². The van der Waals surface area contributed by atoms with E-state index >= 15 is 0 Å². The second-order valence-corrected chi connectivity index (χ2v) is 3.40. The summed E-state index contributed by atoms with van der Waals surface area (Å²) in [7, 11) is 0. The van der Waals surface area contributed by atoms with Gasteiger partial charge in [-0.2, -0.15) is 0 Å². The van der Waals surface area contributed by atoms with Gasteiger partial charge in [0, 0.05) is 0 Å². The van der Waals surface area contributed by atoms with Crippen LogP contribution in [-0.4, -0.2) is 34.3 Å². The molecule has 1 aromatic rings. The molecule has 92 valence electrons. The van der Waals surface area contributed by atoms with Gasteiger partial charge in [0.2, 0.25) is 0 Å². The summed E-state index contributed by atoms with van der Waals surface area (Å²) in [4.78, 5) is 21.7. The van der Waals surface area contributed by atoms with Crippen LogP contribution in [0.25, 0.3) is 0 Å². The summed E-state index contributed by atoms with van der Waals surface area (Å²) in [6.07, 6.45) is -1.86. The van der Waals surface area contributed by atoms with E-state index in [-0.39, 0.29) is 6.61 Å². The Bertz CT molecular complexity index is 392. The molecule has 0 bridgehead atoms. The molecule has 0 saturated carbocycles. The van der Waals surface area contributed by atoms with Crippen LogP contribution >= 0.6 is 0 Å². The highest BCUT2D eigenvalue weighted by atomic mass is 16.5. The number of carbonyl (C=O) groups is 2. The zero-order valence-corrected chi connectivity index (χ0v) is 8.95. The fourth-order valence-electron chi connectivity index (χ4n) is 1.10. The summed E-state index contributed by atoms with van der Waals surface area (Å²) < 4.78 is 4.73. The number of rotatable bonds is 5. The number of aliphatic carboxylic acids is 1. The maximum absolute atomic E-state index is 11.2.